The van der Waals surface area contributed by atoms with Gasteiger partial charge in [0.25, 0.3) is 0 Å². The summed E-state index contributed by atoms with van der Waals surface area (Å²) in [6.07, 6.45) is 1.57. The largest absolute Gasteiger partial charge is 0.506 e. The number of halogens is 4. The summed E-state index contributed by atoms with van der Waals surface area (Å²) in [5.41, 5.74) is 1.01. The quantitative estimate of drug-likeness (QED) is 0.539. The molecule has 22 heavy (non-hydrogen) atoms. The number of Topliss-reactive ketones (excluding diaryl/α,β-unsaturated/α-hetero) is 1. The molecular weight excluding hydrogens is 459 g/mol. The Kier molecular flexibility index (Phi) is 4.25. The highest BCUT2D eigenvalue weighted by atomic mass is 79.9. The number of rotatable bonds is 1. The summed E-state index contributed by atoms with van der Waals surface area (Å²) in [5, 5.41) is 10.4. The van der Waals surface area contributed by atoms with Gasteiger partial charge in [-0.25, -0.2) is 0 Å². The van der Waals surface area contributed by atoms with Gasteiger partial charge in [-0.15, -0.1) is 0 Å². The molecular formula is C15H6Br2Cl2O3. The lowest BCUT2D eigenvalue weighted by Gasteiger charge is -2.04. The smallest absolute Gasteiger partial charge is 0.232 e. The van der Waals surface area contributed by atoms with Crippen molar-refractivity contribution in [3.05, 3.63) is 60.1 Å². The third-order valence-electron chi connectivity index (χ3n) is 3.03. The standard InChI is InChI=1S/C15H6Br2Cl2O3/c16-9-1-6(2-10(17)14(9)21)3-12-13(20)8-4-7(18)5-11(19)15(8)22-12/h1-5,21H. The summed E-state index contributed by atoms with van der Waals surface area (Å²) < 4.78 is 6.54. The number of phenolic OH excluding ortho intramolecular Hbond substituents is 1. The van der Waals surface area contributed by atoms with Crippen LogP contribution in [0.5, 0.6) is 11.5 Å². The number of ketones is 1. The molecule has 2 aromatic carbocycles. The average Bonchev–Trinajstić information content (AvgIpc) is 2.74. The molecule has 0 unspecified atom stereocenters. The summed E-state index contributed by atoms with van der Waals surface area (Å²) in [7, 11) is 0. The van der Waals surface area contributed by atoms with E-state index in [1.165, 1.54) is 12.1 Å². The van der Waals surface area contributed by atoms with Gasteiger partial charge >= 0.3 is 0 Å². The predicted molar refractivity (Wildman–Crippen MR) is 92.9 cm³/mol. The molecule has 7 heteroatoms. The van der Waals surface area contributed by atoms with Crippen molar-refractivity contribution in [2.45, 2.75) is 0 Å². The first kappa shape index (κ1) is 15.9. The first-order valence-corrected chi connectivity index (χ1v) is 8.32. The number of fused-ring (bicyclic) bond motifs is 1. The maximum Gasteiger partial charge on any atom is 0.232 e. The van der Waals surface area contributed by atoms with Crippen molar-refractivity contribution in [1.82, 2.24) is 0 Å². The number of allylic oxidation sites excluding steroid dienone is 1. The van der Waals surface area contributed by atoms with E-state index in [2.05, 4.69) is 31.9 Å². The molecule has 0 saturated carbocycles. The molecule has 3 rings (SSSR count). The second-order valence-corrected chi connectivity index (χ2v) is 7.09. The zero-order valence-electron chi connectivity index (χ0n) is 10.7. The molecule has 0 aromatic heterocycles. The predicted octanol–water partition coefficient (Wildman–Crippen LogP) is 5.84. The van der Waals surface area contributed by atoms with E-state index in [4.69, 9.17) is 27.9 Å². The third kappa shape index (κ3) is 2.78. The van der Waals surface area contributed by atoms with Gasteiger partial charge in [0, 0.05) is 5.02 Å². The zero-order valence-corrected chi connectivity index (χ0v) is 15.3. The van der Waals surface area contributed by atoms with Crippen LogP contribution in [-0.2, 0) is 0 Å². The maximum atomic E-state index is 12.4. The maximum absolute atomic E-state index is 12.4. The average molecular weight is 465 g/mol. The number of phenols is 1. The molecule has 1 N–H and O–H groups in total. The number of hydrogen-bond donors (Lipinski definition) is 1. The van der Waals surface area contributed by atoms with E-state index in [1.807, 2.05) is 0 Å². The first-order valence-electron chi connectivity index (χ1n) is 5.98. The van der Waals surface area contributed by atoms with Gasteiger partial charge in [0.1, 0.15) is 5.75 Å². The number of benzene rings is 2. The SMILES string of the molecule is O=C1C(=Cc2cc(Br)c(O)c(Br)c2)Oc2c(Cl)cc(Cl)cc21. The first-order chi connectivity index (χ1) is 10.4. The van der Waals surface area contributed by atoms with Gasteiger partial charge < -0.3 is 9.84 Å². The molecule has 1 aliphatic rings. The molecule has 1 aliphatic heterocycles. The molecule has 2 aromatic rings. The molecule has 0 atom stereocenters. The van der Waals surface area contributed by atoms with E-state index >= 15 is 0 Å². The van der Waals surface area contributed by atoms with Crippen LogP contribution in [0.2, 0.25) is 10.0 Å². The Morgan fingerprint density at radius 1 is 1.09 bits per heavy atom. The van der Waals surface area contributed by atoms with Crippen LogP contribution in [-0.4, -0.2) is 10.9 Å². The fraction of sp³-hybridized carbons (Fsp3) is 0. The molecule has 0 bridgehead atoms. The molecule has 0 amide bonds. The van der Waals surface area contributed by atoms with Crippen LogP contribution in [0, 0.1) is 0 Å². The zero-order chi connectivity index (χ0) is 16.0. The minimum atomic E-state index is -0.292. The topological polar surface area (TPSA) is 46.5 Å². The lowest BCUT2D eigenvalue weighted by Crippen LogP contribution is -1.98. The van der Waals surface area contributed by atoms with Crippen LogP contribution in [0.15, 0.2) is 39.0 Å². The van der Waals surface area contributed by atoms with E-state index in [1.54, 1.807) is 18.2 Å². The molecule has 3 nitrogen and oxygen atoms in total. The van der Waals surface area contributed by atoms with Crippen LogP contribution in [0.1, 0.15) is 15.9 Å². The van der Waals surface area contributed by atoms with Gasteiger partial charge in [0.05, 0.1) is 19.5 Å². The Morgan fingerprint density at radius 3 is 2.36 bits per heavy atom. The summed E-state index contributed by atoms with van der Waals surface area (Å²) >= 11 is 18.4. The van der Waals surface area contributed by atoms with Crippen LogP contribution in [0.3, 0.4) is 0 Å². The van der Waals surface area contributed by atoms with Gasteiger partial charge in [-0.1, -0.05) is 23.2 Å². The second kappa shape index (κ2) is 5.89. The normalized spacial score (nSPS) is 15.1. The summed E-state index contributed by atoms with van der Waals surface area (Å²) in [5.74, 6) is 0.238. The van der Waals surface area contributed by atoms with E-state index in [0.717, 1.165) is 0 Å². The monoisotopic (exact) mass is 462 g/mol. The molecule has 0 fully saturated rings. The Bertz CT molecular complexity index is 824. The van der Waals surface area contributed by atoms with Crippen molar-refractivity contribution < 1.29 is 14.6 Å². The lowest BCUT2D eigenvalue weighted by molar-refractivity contribution is 0.101. The molecule has 0 radical (unpaired) electrons. The van der Waals surface area contributed by atoms with E-state index in [-0.39, 0.29) is 22.3 Å². The van der Waals surface area contributed by atoms with E-state index < -0.39 is 0 Å². The van der Waals surface area contributed by atoms with Gasteiger partial charge in [-0.2, -0.15) is 0 Å². The van der Waals surface area contributed by atoms with Gasteiger partial charge in [0.15, 0.2) is 11.5 Å². The fourth-order valence-corrected chi connectivity index (χ4v) is 3.79. The minimum Gasteiger partial charge on any atom is -0.506 e. The Hall–Kier alpha value is -1.01. The Balaban J connectivity index is 2.05. The number of aromatic hydroxyl groups is 1. The Labute approximate surface area is 152 Å². The van der Waals surface area contributed by atoms with Crippen LogP contribution < -0.4 is 4.74 Å². The highest BCUT2D eigenvalue weighted by Gasteiger charge is 2.30. The van der Waals surface area contributed by atoms with Crippen LogP contribution in [0.4, 0.5) is 0 Å². The minimum absolute atomic E-state index is 0.0823. The highest BCUT2D eigenvalue weighted by Crippen LogP contribution is 2.40. The third-order valence-corrected chi connectivity index (χ3v) is 4.73. The van der Waals surface area contributed by atoms with Crippen molar-refractivity contribution >= 4 is 66.9 Å². The van der Waals surface area contributed by atoms with Gasteiger partial charge in [-0.3, -0.25) is 4.79 Å². The molecule has 0 spiro atoms. The van der Waals surface area contributed by atoms with Crippen molar-refractivity contribution in [3.8, 4) is 11.5 Å². The number of ether oxygens (including phenoxy) is 1. The number of carbonyl (C=O) groups is 1. The lowest BCUT2D eigenvalue weighted by atomic mass is 10.1. The Morgan fingerprint density at radius 2 is 1.73 bits per heavy atom. The van der Waals surface area contributed by atoms with Crippen molar-refractivity contribution in [2.24, 2.45) is 0 Å². The van der Waals surface area contributed by atoms with Crippen LogP contribution >= 0.6 is 55.1 Å². The fourth-order valence-electron chi connectivity index (χ4n) is 2.04. The second-order valence-electron chi connectivity index (χ2n) is 4.54. The van der Waals surface area contributed by atoms with Gasteiger partial charge in [-0.05, 0) is 67.8 Å². The summed E-state index contributed by atoms with van der Waals surface area (Å²) in [6.45, 7) is 0. The van der Waals surface area contributed by atoms with E-state index in [0.29, 0.717) is 30.8 Å². The van der Waals surface area contributed by atoms with Crippen molar-refractivity contribution in [3.63, 3.8) is 0 Å². The number of hydrogen-bond acceptors (Lipinski definition) is 3. The highest BCUT2D eigenvalue weighted by molar-refractivity contribution is 9.11. The molecule has 0 aliphatic carbocycles. The molecule has 112 valence electrons. The molecule has 0 saturated heterocycles. The van der Waals surface area contributed by atoms with Gasteiger partial charge in [0.2, 0.25) is 5.78 Å². The van der Waals surface area contributed by atoms with Crippen molar-refractivity contribution in [1.29, 1.82) is 0 Å². The van der Waals surface area contributed by atoms with Crippen LogP contribution in [0.25, 0.3) is 6.08 Å². The summed E-state index contributed by atoms with van der Waals surface area (Å²) in [4.78, 5) is 12.4. The number of carbonyl (C=O) groups excluding carboxylic acids is 1. The van der Waals surface area contributed by atoms with E-state index in [9.17, 15) is 9.90 Å². The van der Waals surface area contributed by atoms with Crippen molar-refractivity contribution in [2.75, 3.05) is 0 Å². The summed E-state index contributed by atoms with van der Waals surface area (Å²) in [6, 6.07) is 6.38. The molecule has 1 heterocycles.